The minimum atomic E-state index is -1.06. The van der Waals surface area contributed by atoms with E-state index in [1.807, 2.05) is 42.5 Å². The van der Waals surface area contributed by atoms with Crippen molar-refractivity contribution in [2.45, 2.75) is 12.1 Å². The van der Waals surface area contributed by atoms with Crippen molar-refractivity contribution in [1.82, 2.24) is 0 Å². The average molecular weight is 524 g/mol. The summed E-state index contributed by atoms with van der Waals surface area (Å²) >= 11 is 3.48. The minimum Gasteiger partial charge on any atom is -0.496 e. The van der Waals surface area contributed by atoms with Crippen molar-refractivity contribution >= 4 is 44.8 Å². The molecule has 0 saturated carbocycles. The summed E-state index contributed by atoms with van der Waals surface area (Å²) in [4.78, 5) is 44.7. The van der Waals surface area contributed by atoms with Gasteiger partial charge in [-0.3, -0.25) is 24.5 Å². The molecule has 2 fully saturated rings. The molecule has 3 aromatic carbocycles. The smallest absolute Gasteiger partial charge is 0.269 e. The van der Waals surface area contributed by atoms with E-state index in [4.69, 9.17) is 9.57 Å². The van der Waals surface area contributed by atoms with E-state index in [9.17, 15) is 19.7 Å². The third-order valence-electron chi connectivity index (χ3n) is 5.96. The molecule has 3 atom stereocenters. The van der Waals surface area contributed by atoms with Crippen LogP contribution >= 0.6 is 15.9 Å². The quantitative estimate of drug-likeness (QED) is 0.277. The number of para-hydroxylation sites is 1. The van der Waals surface area contributed by atoms with E-state index in [1.165, 1.54) is 31.4 Å². The largest absolute Gasteiger partial charge is 0.496 e. The molecule has 3 aromatic rings. The van der Waals surface area contributed by atoms with Crippen LogP contribution in [0.3, 0.4) is 0 Å². The zero-order valence-electron chi connectivity index (χ0n) is 17.8. The number of hydroxylamine groups is 1. The number of anilines is 2. The highest BCUT2D eigenvalue weighted by Crippen LogP contribution is 2.50. The number of halogens is 1. The summed E-state index contributed by atoms with van der Waals surface area (Å²) in [6.07, 6.45) is -1.06. The molecule has 34 heavy (non-hydrogen) atoms. The Morgan fingerprint density at radius 1 is 0.971 bits per heavy atom. The highest BCUT2D eigenvalue weighted by Gasteiger charge is 2.60. The molecule has 2 saturated heterocycles. The molecule has 10 heteroatoms. The second-order valence-electron chi connectivity index (χ2n) is 7.83. The van der Waals surface area contributed by atoms with Gasteiger partial charge in [-0.1, -0.05) is 34.1 Å². The lowest BCUT2D eigenvalue weighted by Crippen LogP contribution is -2.37. The number of rotatable bonds is 5. The van der Waals surface area contributed by atoms with E-state index in [0.717, 1.165) is 9.37 Å². The average Bonchev–Trinajstić information content (AvgIpc) is 3.35. The fourth-order valence-corrected chi connectivity index (χ4v) is 4.82. The number of nitro groups is 1. The van der Waals surface area contributed by atoms with E-state index in [1.54, 1.807) is 11.1 Å². The summed E-state index contributed by atoms with van der Waals surface area (Å²) in [5, 5.41) is 12.6. The molecule has 2 aliphatic heterocycles. The molecule has 172 valence electrons. The van der Waals surface area contributed by atoms with Crippen LogP contribution in [0.15, 0.2) is 77.3 Å². The number of non-ortho nitro benzene ring substituents is 1. The number of hydrogen-bond donors (Lipinski definition) is 0. The maximum Gasteiger partial charge on any atom is 0.269 e. The van der Waals surface area contributed by atoms with Crippen LogP contribution in [0.4, 0.5) is 17.1 Å². The third-order valence-corrected chi connectivity index (χ3v) is 6.45. The lowest BCUT2D eigenvalue weighted by molar-refractivity contribution is -0.384. The second-order valence-corrected chi connectivity index (χ2v) is 8.75. The van der Waals surface area contributed by atoms with Crippen LogP contribution in [0.1, 0.15) is 11.6 Å². The van der Waals surface area contributed by atoms with Gasteiger partial charge in [0.2, 0.25) is 5.91 Å². The summed E-state index contributed by atoms with van der Waals surface area (Å²) in [7, 11) is 1.54. The van der Waals surface area contributed by atoms with Crippen molar-refractivity contribution in [2.75, 3.05) is 17.1 Å². The number of methoxy groups -OCH3 is 1. The van der Waals surface area contributed by atoms with Crippen LogP contribution in [0.25, 0.3) is 0 Å². The van der Waals surface area contributed by atoms with Crippen LogP contribution in [0.2, 0.25) is 0 Å². The van der Waals surface area contributed by atoms with Crippen LogP contribution in [-0.4, -0.2) is 30.0 Å². The lowest BCUT2D eigenvalue weighted by Gasteiger charge is -2.29. The predicted molar refractivity (Wildman–Crippen MR) is 126 cm³/mol. The maximum absolute atomic E-state index is 13.7. The second kappa shape index (κ2) is 8.54. The topological polar surface area (TPSA) is 102 Å². The zero-order valence-corrected chi connectivity index (χ0v) is 19.4. The van der Waals surface area contributed by atoms with Gasteiger partial charge >= 0.3 is 0 Å². The van der Waals surface area contributed by atoms with Crippen LogP contribution in [0.5, 0.6) is 5.75 Å². The molecule has 0 unspecified atom stereocenters. The first-order chi connectivity index (χ1) is 16.4. The van der Waals surface area contributed by atoms with Crippen molar-refractivity contribution in [1.29, 1.82) is 0 Å². The molecule has 9 nitrogen and oxygen atoms in total. The first kappa shape index (κ1) is 22.1. The van der Waals surface area contributed by atoms with Crippen molar-refractivity contribution in [3.63, 3.8) is 0 Å². The lowest BCUT2D eigenvalue weighted by atomic mass is 9.90. The van der Waals surface area contributed by atoms with E-state index < -0.39 is 34.8 Å². The predicted octanol–water partition coefficient (Wildman–Crippen LogP) is 4.42. The van der Waals surface area contributed by atoms with E-state index in [2.05, 4.69) is 15.9 Å². The van der Waals surface area contributed by atoms with Gasteiger partial charge in [-0.15, -0.1) is 0 Å². The highest BCUT2D eigenvalue weighted by atomic mass is 79.9. The number of benzene rings is 3. The molecule has 0 aromatic heterocycles. The van der Waals surface area contributed by atoms with Gasteiger partial charge < -0.3 is 4.74 Å². The molecule has 0 spiro atoms. The van der Waals surface area contributed by atoms with Gasteiger partial charge in [-0.2, -0.15) is 0 Å². The van der Waals surface area contributed by atoms with Crippen molar-refractivity contribution in [3.05, 3.63) is 92.9 Å². The molecule has 5 rings (SSSR count). The fourth-order valence-electron chi connectivity index (χ4n) is 4.44. The highest BCUT2D eigenvalue weighted by molar-refractivity contribution is 9.10. The Labute approximate surface area is 202 Å². The monoisotopic (exact) mass is 523 g/mol. The van der Waals surface area contributed by atoms with Crippen LogP contribution in [-0.2, 0) is 14.4 Å². The third kappa shape index (κ3) is 3.51. The van der Waals surface area contributed by atoms with Gasteiger partial charge in [0.25, 0.3) is 11.6 Å². The Morgan fingerprint density at radius 2 is 1.68 bits per heavy atom. The summed E-state index contributed by atoms with van der Waals surface area (Å²) in [6, 6.07) is 19.3. The van der Waals surface area contributed by atoms with E-state index in [-0.39, 0.29) is 11.4 Å². The standard InChI is InChI=1S/C24H18BrN3O6/c1-33-19-12-7-14(25)13-18(19)21-20-22(34-27(21)16-5-3-2-4-6-16)24(30)26(23(20)29)15-8-10-17(11-9-15)28(31)32/h2-13,20-22H,1H3/t20-,21+,22+/m0/s1. The summed E-state index contributed by atoms with van der Waals surface area (Å²) in [5.41, 5.74) is 1.49. The van der Waals surface area contributed by atoms with Crippen molar-refractivity contribution < 1.29 is 24.1 Å². The Bertz CT molecular complexity index is 1280. The number of nitrogens with zero attached hydrogens (tertiary/aromatic N) is 3. The van der Waals surface area contributed by atoms with E-state index >= 15 is 0 Å². The first-order valence-corrected chi connectivity index (χ1v) is 11.2. The summed E-state index contributed by atoms with van der Waals surface area (Å²) in [5.74, 6) is -1.28. The number of carbonyl (C=O) groups excluding carboxylic acids is 2. The SMILES string of the molecule is COc1ccc(Br)cc1[C@@H]1[C@@H]2C(=O)N(c3ccc([N+](=O)[O-])cc3)C(=O)[C@@H]2ON1c1ccccc1. The first-order valence-electron chi connectivity index (χ1n) is 10.4. The Balaban J connectivity index is 1.60. The summed E-state index contributed by atoms with van der Waals surface area (Å²) < 4.78 is 6.36. The molecule has 0 aliphatic carbocycles. The molecule has 0 bridgehead atoms. The van der Waals surface area contributed by atoms with Crippen LogP contribution in [0, 0.1) is 16.0 Å². The zero-order chi connectivity index (χ0) is 24.0. The van der Waals surface area contributed by atoms with E-state index in [0.29, 0.717) is 17.0 Å². The Kier molecular flexibility index (Phi) is 5.54. The van der Waals surface area contributed by atoms with Crippen molar-refractivity contribution in [3.8, 4) is 5.75 Å². The summed E-state index contributed by atoms with van der Waals surface area (Å²) in [6.45, 7) is 0. The number of ether oxygens (including phenoxy) is 1. The van der Waals surface area contributed by atoms with Gasteiger partial charge in [0, 0.05) is 22.2 Å². The molecular formula is C24H18BrN3O6. The molecule has 0 N–H and O–H groups in total. The molecule has 2 aliphatic rings. The maximum atomic E-state index is 13.7. The molecule has 0 radical (unpaired) electrons. The molecular weight excluding hydrogens is 506 g/mol. The fraction of sp³-hybridized carbons (Fsp3) is 0.167. The van der Waals surface area contributed by atoms with Gasteiger partial charge in [-0.05, 0) is 42.5 Å². The van der Waals surface area contributed by atoms with Gasteiger partial charge in [0.05, 0.1) is 29.4 Å². The normalized spacial score (nSPS) is 21.6. The van der Waals surface area contributed by atoms with Gasteiger partial charge in [0.15, 0.2) is 6.10 Å². The number of nitro benzene ring substituents is 1. The number of carbonyl (C=O) groups is 2. The molecule has 2 amide bonds. The Hall–Kier alpha value is -3.76. The number of fused-ring (bicyclic) bond motifs is 1. The molecule has 2 heterocycles. The van der Waals surface area contributed by atoms with Crippen LogP contribution < -0.4 is 14.7 Å². The van der Waals surface area contributed by atoms with Gasteiger partial charge in [-0.25, -0.2) is 9.96 Å². The minimum absolute atomic E-state index is 0.133. The number of imide groups is 1. The van der Waals surface area contributed by atoms with Gasteiger partial charge in [0.1, 0.15) is 11.7 Å². The van der Waals surface area contributed by atoms with Crippen molar-refractivity contribution in [2.24, 2.45) is 5.92 Å². The number of hydrogen-bond acceptors (Lipinski definition) is 7. The Morgan fingerprint density at radius 3 is 2.32 bits per heavy atom. The number of amides is 2.